The van der Waals surface area contributed by atoms with Crippen molar-refractivity contribution in [3.63, 3.8) is 0 Å². The maximum absolute atomic E-state index is 13.5. The van der Waals surface area contributed by atoms with Crippen LogP contribution in [0.1, 0.15) is 18.3 Å². The van der Waals surface area contributed by atoms with Crippen LogP contribution in [0.25, 0.3) is 11.3 Å². The predicted octanol–water partition coefficient (Wildman–Crippen LogP) is 3.90. The number of carbonyl (C=O) groups is 1. The Morgan fingerprint density at radius 2 is 2.09 bits per heavy atom. The summed E-state index contributed by atoms with van der Waals surface area (Å²) in [6.07, 6.45) is -0.412. The molecule has 1 unspecified atom stereocenters. The van der Waals surface area contributed by atoms with Crippen molar-refractivity contribution in [2.45, 2.75) is 18.4 Å². The lowest BCUT2D eigenvalue weighted by Crippen LogP contribution is -2.31. The van der Waals surface area contributed by atoms with E-state index in [-0.39, 0.29) is 5.82 Å². The van der Waals surface area contributed by atoms with E-state index in [0.29, 0.717) is 5.69 Å². The minimum atomic E-state index is -3.03. The lowest BCUT2D eigenvalue weighted by Gasteiger charge is -2.18. The zero-order valence-electron chi connectivity index (χ0n) is 11.3. The molecule has 1 aromatic heterocycles. The van der Waals surface area contributed by atoms with Crippen LogP contribution in [0.15, 0.2) is 34.9 Å². The van der Waals surface area contributed by atoms with E-state index in [1.54, 1.807) is 0 Å². The lowest BCUT2D eigenvalue weighted by atomic mass is 10.1. The summed E-state index contributed by atoms with van der Waals surface area (Å²) >= 11 is 3.33. The van der Waals surface area contributed by atoms with E-state index in [1.807, 2.05) is 24.3 Å². The molecule has 116 valence electrons. The van der Waals surface area contributed by atoms with Gasteiger partial charge in [-0.2, -0.15) is 0 Å². The van der Waals surface area contributed by atoms with Gasteiger partial charge in [0.2, 0.25) is 0 Å². The van der Waals surface area contributed by atoms with E-state index in [4.69, 9.17) is 5.11 Å². The van der Waals surface area contributed by atoms with Crippen LogP contribution in [0.2, 0.25) is 0 Å². The Labute approximate surface area is 133 Å². The van der Waals surface area contributed by atoms with Crippen LogP contribution in [0.3, 0.4) is 0 Å². The smallest absolute Gasteiger partial charge is 0.408 e. The number of aromatic amines is 1. The van der Waals surface area contributed by atoms with E-state index in [2.05, 4.69) is 25.9 Å². The van der Waals surface area contributed by atoms with Crippen LogP contribution in [0.4, 0.5) is 13.6 Å². The number of rotatable bonds is 2. The molecular formula is C14H12BrF2N3O2. The first kappa shape index (κ1) is 15.0. The first-order chi connectivity index (χ1) is 10.4. The van der Waals surface area contributed by atoms with Gasteiger partial charge in [-0.05, 0) is 17.7 Å². The predicted molar refractivity (Wildman–Crippen MR) is 78.8 cm³/mol. The van der Waals surface area contributed by atoms with Gasteiger partial charge in [-0.1, -0.05) is 28.1 Å². The van der Waals surface area contributed by atoms with Crippen molar-refractivity contribution < 1.29 is 18.7 Å². The summed E-state index contributed by atoms with van der Waals surface area (Å²) in [7, 11) is 0. The summed E-state index contributed by atoms with van der Waals surface area (Å²) in [4.78, 5) is 18.9. The van der Waals surface area contributed by atoms with Crippen molar-refractivity contribution in [2.24, 2.45) is 0 Å². The number of amides is 1. The van der Waals surface area contributed by atoms with Crippen molar-refractivity contribution in [1.29, 1.82) is 0 Å². The second kappa shape index (κ2) is 5.35. The van der Waals surface area contributed by atoms with Gasteiger partial charge in [-0.3, -0.25) is 4.90 Å². The van der Waals surface area contributed by atoms with Gasteiger partial charge >= 0.3 is 6.09 Å². The van der Waals surface area contributed by atoms with Crippen LogP contribution in [0.5, 0.6) is 0 Å². The summed E-state index contributed by atoms with van der Waals surface area (Å²) < 4.78 is 27.9. The number of halogens is 3. The second-order valence-corrected chi connectivity index (χ2v) is 6.09. The van der Waals surface area contributed by atoms with Crippen LogP contribution < -0.4 is 0 Å². The Balaban J connectivity index is 1.89. The Morgan fingerprint density at radius 3 is 2.73 bits per heavy atom. The highest BCUT2D eigenvalue weighted by Crippen LogP contribution is 2.40. The molecular weight excluding hydrogens is 360 g/mol. The van der Waals surface area contributed by atoms with Crippen molar-refractivity contribution >= 4 is 22.0 Å². The first-order valence-corrected chi connectivity index (χ1v) is 7.33. The highest BCUT2D eigenvalue weighted by molar-refractivity contribution is 9.10. The summed E-state index contributed by atoms with van der Waals surface area (Å²) in [5, 5.41) is 9.08. The molecule has 1 amide bonds. The van der Waals surface area contributed by atoms with Gasteiger partial charge in [0.05, 0.1) is 24.5 Å². The molecule has 2 N–H and O–H groups in total. The molecule has 1 aliphatic heterocycles. The molecule has 8 heteroatoms. The fourth-order valence-corrected chi connectivity index (χ4v) is 2.81. The number of benzene rings is 1. The minimum Gasteiger partial charge on any atom is -0.465 e. The molecule has 0 aliphatic carbocycles. The van der Waals surface area contributed by atoms with E-state index in [1.165, 1.54) is 6.20 Å². The second-order valence-electron chi connectivity index (χ2n) is 5.18. The van der Waals surface area contributed by atoms with Gasteiger partial charge in [0.25, 0.3) is 5.92 Å². The third kappa shape index (κ3) is 2.83. The summed E-state index contributed by atoms with van der Waals surface area (Å²) in [6.45, 7) is -0.804. The molecule has 2 heterocycles. The maximum atomic E-state index is 13.5. The molecule has 1 aromatic carbocycles. The van der Waals surface area contributed by atoms with Crippen LogP contribution in [-0.4, -0.2) is 38.5 Å². The summed E-state index contributed by atoms with van der Waals surface area (Å²) in [5.74, 6) is -2.80. The molecule has 1 saturated heterocycles. The molecule has 3 rings (SSSR count). The van der Waals surface area contributed by atoms with Gasteiger partial charge in [-0.15, -0.1) is 0 Å². The normalized spacial score (nSPS) is 20.3. The average Bonchev–Trinajstić information content (AvgIpc) is 3.03. The zero-order valence-corrected chi connectivity index (χ0v) is 12.8. The molecule has 0 saturated carbocycles. The molecule has 1 fully saturated rings. The number of likely N-dealkylation sites (tertiary alicyclic amines) is 1. The molecule has 0 bridgehead atoms. The van der Waals surface area contributed by atoms with Gasteiger partial charge < -0.3 is 10.1 Å². The van der Waals surface area contributed by atoms with Crippen molar-refractivity contribution in [1.82, 2.24) is 14.9 Å². The third-order valence-corrected chi connectivity index (χ3v) is 4.11. The fraction of sp³-hybridized carbons (Fsp3) is 0.286. The van der Waals surface area contributed by atoms with E-state index in [9.17, 15) is 13.6 Å². The van der Waals surface area contributed by atoms with Gasteiger partial charge in [0.1, 0.15) is 5.82 Å². The highest BCUT2D eigenvalue weighted by Gasteiger charge is 2.48. The van der Waals surface area contributed by atoms with E-state index >= 15 is 0 Å². The number of imidazole rings is 1. The van der Waals surface area contributed by atoms with Crippen LogP contribution >= 0.6 is 15.9 Å². The molecule has 1 aliphatic rings. The van der Waals surface area contributed by atoms with Gasteiger partial charge in [0.15, 0.2) is 0 Å². The number of carboxylic acid groups (broad SMARTS) is 1. The topological polar surface area (TPSA) is 69.2 Å². The molecule has 0 radical (unpaired) electrons. The lowest BCUT2D eigenvalue weighted by molar-refractivity contribution is 0.0126. The van der Waals surface area contributed by atoms with E-state index in [0.717, 1.165) is 14.9 Å². The quantitative estimate of drug-likeness (QED) is 0.840. The largest absolute Gasteiger partial charge is 0.465 e. The minimum absolute atomic E-state index is 0.234. The summed E-state index contributed by atoms with van der Waals surface area (Å²) in [6, 6.07) is 6.43. The molecule has 0 spiro atoms. The Morgan fingerprint density at radius 1 is 1.41 bits per heavy atom. The highest BCUT2D eigenvalue weighted by atomic mass is 79.9. The number of hydrogen-bond acceptors (Lipinski definition) is 2. The molecule has 1 atom stereocenters. The Kier molecular flexibility index (Phi) is 3.64. The maximum Gasteiger partial charge on any atom is 0.408 e. The number of alkyl halides is 2. The SMILES string of the molecule is O=C(O)N1CC(F)(F)CC1c1ncc(-c2ccc(Br)cc2)[nH]1. The van der Waals surface area contributed by atoms with Crippen LogP contribution in [0, 0.1) is 0 Å². The number of hydrogen-bond donors (Lipinski definition) is 2. The third-order valence-electron chi connectivity index (χ3n) is 3.58. The number of H-pyrrole nitrogens is 1. The monoisotopic (exact) mass is 371 g/mol. The molecule has 5 nitrogen and oxygen atoms in total. The van der Waals surface area contributed by atoms with Crippen molar-refractivity contribution in [2.75, 3.05) is 6.54 Å². The van der Waals surface area contributed by atoms with Crippen molar-refractivity contribution in [3.8, 4) is 11.3 Å². The zero-order chi connectivity index (χ0) is 15.9. The fourth-order valence-electron chi connectivity index (χ4n) is 2.54. The number of nitrogens with one attached hydrogen (secondary N) is 1. The van der Waals surface area contributed by atoms with Gasteiger partial charge in [-0.25, -0.2) is 18.6 Å². The van der Waals surface area contributed by atoms with Crippen molar-refractivity contribution in [3.05, 3.63) is 40.8 Å². The Hall–Kier alpha value is -1.96. The van der Waals surface area contributed by atoms with E-state index < -0.39 is 31.0 Å². The standard InChI is InChI=1S/C14H12BrF2N3O2/c15-9-3-1-8(2-4-9)10-6-18-12(19-10)11-5-14(16,17)7-20(11)13(21)22/h1-4,6,11H,5,7H2,(H,18,19)(H,21,22). The number of nitrogens with zero attached hydrogens (tertiary/aromatic N) is 2. The Bertz CT molecular complexity index is 702. The van der Waals surface area contributed by atoms with Crippen LogP contribution in [-0.2, 0) is 0 Å². The average molecular weight is 372 g/mol. The summed E-state index contributed by atoms with van der Waals surface area (Å²) in [5.41, 5.74) is 1.50. The molecule has 2 aromatic rings. The van der Waals surface area contributed by atoms with Gasteiger partial charge in [0, 0.05) is 10.9 Å². The number of aromatic nitrogens is 2. The molecule has 22 heavy (non-hydrogen) atoms. The first-order valence-electron chi connectivity index (χ1n) is 6.54.